The van der Waals surface area contributed by atoms with Crippen LogP contribution in [0.15, 0.2) is 40.9 Å². The molecule has 3 nitrogen and oxygen atoms in total. The second-order valence-corrected chi connectivity index (χ2v) is 4.65. The van der Waals surface area contributed by atoms with Gasteiger partial charge in [-0.05, 0) is 30.3 Å². The molecule has 0 radical (unpaired) electrons. The van der Waals surface area contributed by atoms with Gasteiger partial charge in [0.15, 0.2) is 11.6 Å². The van der Waals surface area contributed by atoms with Gasteiger partial charge in [-0.2, -0.15) is 0 Å². The molecule has 0 unspecified atom stereocenters. The van der Waals surface area contributed by atoms with Crippen LogP contribution in [0.2, 0.25) is 0 Å². The lowest BCUT2D eigenvalue weighted by molar-refractivity contribution is 0.437. The molecule has 0 saturated carbocycles. The number of hydrogen-bond acceptors (Lipinski definition) is 2. The molecule has 19 heavy (non-hydrogen) atoms. The second kappa shape index (κ2) is 5.36. The molecular weight excluding hydrogens is 318 g/mol. The monoisotopic (exact) mass is 326 g/mol. The lowest BCUT2D eigenvalue weighted by atomic mass is 10.2. The molecule has 0 aliphatic heterocycles. The fourth-order valence-corrected chi connectivity index (χ4v) is 1.84. The molecule has 2 rings (SSSR count). The number of rotatable bonds is 3. The Morgan fingerprint density at radius 2 is 1.79 bits per heavy atom. The summed E-state index contributed by atoms with van der Waals surface area (Å²) in [4.78, 5) is 0. The molecule has 0 aromatic heterocycles. The predicted octanol–water partition coefficient (Wildman–Crippen LogP) is 3.80. The van der Waals surface area contributed by atoms with E-state index in [0.717, 1.165) is 12.1 Å². The maximum atomic E-state index is 13.5. The first-order valence-electron chi connectivity index (χ1n) is 5.24. The Morgan fingerprint density at radius 3 is 2.42 bits per heavy atom. The van der Waals surface area contributed by atoms with Crippen molar-refractivity contribution in [3.63, 3.8) is 0 Å². The zero-order valence-corrected chi connectivity index (χ0v) is 11.2. The Morgan fingerprint density at radius 1 is 1.11 bits per heavy atom. The standard InChI is InChI=1S/C13H9BrF2N2O/c14-7-1-3-11(9(5-7)13(17)18)19-12-4-2-8(15)6-10(12)16/h1-6H,(H3,17,18). The zero-order chi connectivity index (χ0) is 14.0. The summed E-state index contributed by atoms with van der Waals surface area (Å²) in [6.45, 7) is 0. The van der Waals surface area contributed by atoms with E-state index in [4.69, 9.17) is 15.9 Å². The number of nitrogen functional groups attached to an aromatic ring is 1. The molecule has 2 aromatic rings. The maximum Gasteiger partial charge on any atom is 0.168 e. The summed E-state index contributed by atoms with van der Waals surface area (Å²) in [6.07, 6.45) is 0. The summed E-state index contributed by atoms with van der Waals surface area (Å²) < 4.78 is 32.3. The van der Waals surface area contributed by atoms with E-state index in [1.165, 1.54) is 6.07 Å². The number of amidine groups is 1. The highest BCUT2D eigenvalue weighted by Gasteiger charge is 2.11. The van der Waals surface area contributed by atoms with Crippen LogP contribution in [0.3, 0.4) is 0 Å². The summed E-state index contributed by atoms with van der Waals surface area (Å²) in [5, 5.41) is 7.45. The molecule has 0 bridgehead atoms. The molecule has 0 spiro atoms. The first-order chi connectivity index (χ1) is 8.97. The van der Waals surface area contributed by atoms with Crippen molar-refractivity contribution in [1.29, 1.82) is 5.41 Å². The minimum Gasteiger partial charge on any atom is -0.454 e. The molecule has 0 atom stereocenters. The Bertz CT molecular complexity index is 647. The van der Waals surface area contributed by atoms with Crippen LogP contribution in [-0.4, -0.2) is 5.84 Å². The SMILES string of the molecule is N=C(N)c1cc(Br)ccc1Oc1ccc(F)cc1F. The van der Waals surface area contributed by atoms with Gasteiger partial charge < -0.3 is 10.5 Å². The number of halogens is 3. The van der Waals surface area contributed by atoms with Crippen LogP contribution in [0.5, 0.6) is 11.5 Å². The number of nitrogens with two attached hydrogens (primary N) is 1. The molecular formula is C13H9BrF2N2O. The van der Waals surface area contributed by atoms with E-state index in [1.54, 1.807) is 18.2 Å². The lowest BCUT2D eigenvalue weighted by Crippen LogP contribution is -2.12. The van der Waals surface area contributed by atoms with Gasteiger partial charge in [-0.1, -0.05) is 15.9 Å². The first kappa shape index (κ1) is 13.5. The zero-order valence-electron chi connectivity index (χ0n) is 9.58. The van der Waals surface area contributed by atoms with Crippen molar-refractivity contribution in [2.75, 3.05) is 0 Å². The van der Waals surface area contributed by atoms with E-state index in [9.17, 15) is 8.78 Å². The lowest BCUT2D eigenvalue weighted by Gasteiger charge is -2.11. The predicted molar refractivity (Wildman–Crippen MR) is 71.6 cm³/mol. The smallest absolute Gasteiger partial charge is 0.168 e. The molecule has 98 valence electrons. The highest BCUT2D eigenvalue weighted by atomic mass is 79.9. The molecule has 3 N–H and O–H groups in total. The summed E-state index contributed by atoms with van der Waals surface area (Å²) in [5.74, 6) is -1.63. The minimum atomic E-state index is -0.822. The van der Waals surface area contributed by atoms with E-state index in [0.29, 0.717) is 10.0 Å². The van der Waals surface area contributed by atoms with Gasteiger partial charge in [-0.15, -0.1) is 0 Å². The van der Waals surface area contributed by atoms with Crippen molar-refractivity contribution in [2.45, 2.75) is 0 Å². The van der Waals surface area contributed by atoms with Crippen LogP contribution in [-0.2, 0) is 0 Å². The average molecular weight is 327 g/mol. The molecule has 0 aliphatic rings. The number of ether oxygens (including phenoxy) is 1. The van der Waals surface area contributed by atoms with Crippen molar-refractivity contribution >= 4 is 21.8 Å². The average Bonchev–Trinajstić information content (AvgIpc) is 2.34. The molecule has 0 saturated heterocycles. The summed E-state index contributed by atoms with van der Waals surface area (Å²) >= 11 is 3.24. The third kappa shape index (κ3) is 3.08. The largest absolute Gasteiger partial charge is 0.454 e. The Balaban J connectivity index is 2.40. The van der Waals surface area contributed by atoms with Crippen molar-refractivity contribution < 1.29 is 13.5 Å². The molecule has 6 heteroatoms. The van der Waals surface area contributed by atoms with Crippen molar-refractivity contribution in [2.24, 2.45) is 5.73 Å². The normalized spacial score (nSPS) is 10.3. The summed E-state index contributed by atoms with van der Waals surface area (Å²) in [5.41, 5.74) is 5.75. The van der Waals surface area contributed by atoms with Gasteiger partial charge in [0.05, 0.1) is 5.56 Å². The molecule has 0 heterocycles. The van der Waals surface area contributed by atoms with Gasteiger partial charge in [0.1, 0.15) is 17.4 Å². The number of benzene rings is 2. The quantitative estimate of drug-likeness (QED) is 0.665. The number of hydrogen-bond donors (Lipinski definition) is 2. The van der Waals surface area contributed by atoms with Gasteiger partial charge >= 0.3 is 0 Å². The minimum absolute atomic E-state index is 0.133. The first-order valence-corrected chi connectivity index (χ1v) is 6.03. The molecule has 0 amide bonds. The fraction of sp³-hybridized carbons (Fsp3) is 0. The highest BCUT2D eigenvalue weighted by Crippen LogP contribution is 2.29. The van der Waals surface area contributed by atoms with Crippen LogP contribution in [0.4, 0.5) is 8.78 Å². The van der Waals surface area contributed by atoms with Crippen molar-refractivity contribution in [3.8, 4) is 11.5 Å². The summed E-state index contributed by atoms with van der Waals surface area (Å²) in [6, 6.07) is 7.79. The fourth-order valence-electron chi connectivity index (χ4n) is 1.48. The van der Waals surface area contributed by atoms with E-state index < -0.39 is 11.6 Å². The highest BCUT2D eigenvalue weighted by molar-refractivity contribution is 9.10. The Hall–Kier alpha value is -1.95. The third-order valence-corrected chi connectivity index (χ3v) is 2.84. The topological polar surface area (TPSA) is 59.1 Å². The molecule has 2 aromatic carbocycles. The van der Waals surface area contributed by atoms with Gasteiger partial charge in [-0.3, -0.25) is 5.41 Å². The van der Waals surface area contributed by atoms with Crippen LogP contribution in [0.1, 0.15) is 5.56 Å². The van der Waals surface area contributed by atoms with Crippen LogP contribution in [0.25, 0.3) is 0 Å². The maximum absolute atomic E-state index is 13.5. The third-order valence-electron chi connectivity index (χ3n) is 2.35. The van der Waals surface area contributed by atoms with Crippen LogP contribution < -0.4 is 10.5 Å². The van der Waals surface area contributed by atoms with Gasteiger partial charge in [0.25, 0.3) is 0 Å². The van der Waals surface area contributed by atoms with E-state index in [-0.39, 0.29) is 17.3 Å². The van der Waals surface area contributed by atoms with E-state index in [2.05, 4.69) is 15.9 Å². The van der Waals surface area contributed by atoms with Gasteiger partial charge in [0, 0.05) is 10.5 Å². The Kier molecular flexibility index (Phi) is 3.80. The van der Waals surface area contributed by atoms with Gasteiger partial charge in [-0.25, -0.2) is 8.78 Å². The van der Waals surface area contributed by atoms with Gasteiger partial charge in [0.2, 0.25) is 0 Å². The molecule has 0 fully saturated rings. The second-order valence-electron chi connectivity index (χ2n) is 3.73. The van der Waals surface area contributed by atoms with Crippen molar-refractivity contribution in [1.82, 2.24) is 0 Å². The molecule has 0 aliphatic carbocycles. The van der Waals surface area contributed by atoms with Crippen LogP contribution in [0, 0.1) is 17.0 Å². The van der Waals surface area contributed by atoms with E-state index >= 15 is 0 Å². The number of nitrogens with one attached hydrogen (secondary N) is 1. The summed E-state index contributed by atoms with van der Waals surface area (Å²) in [7, 11) is 0. The van der Waals surface area contributed by atoms with E-state index in [1.807, 2.05) is 0 Å². The van der Waals surface area contributed by atoms with Crippen molar-refractivity contribution in [3.05, 3.63) is 58.1 Å². The Labute approximate surface area is 116 Å². The van der Waals surface area contributed by atoms with Crippen LogP contribution >= 0.6 is 15.9 Å².